The van der Waals surface area contributed by atoms with Crippen molar-refractivity contribution in [1.29, 1.82) is 0 Å². The third kappa shape index (κ3) is 5.90. The van der Waals surface area contributed by atoms with Gasteiger partial charge in [-0.2, -0.15) is 20.1 Å². The summed E-state index contributed by atoms with van der Waals surface area (Å²) in [6.07, 6.45) is 0. The first-order chi connectivity index (χ1) is 18.1. The fraction of sp³-hybridized carbons (Fsp3) is 0.409. The maximum Gasteiger partial charge on any atom is 0.297 e. The lowest BCUT2D eigenvalue weighted by Crippen LogP contribution is -2.40. The lowest BCUT2D eigenvalue weighted by Gasteiger charge is -2.30. The van der Waals surface area contributed by atoms with Crippen molar-refractivity contribution in [2.24, 2.45) is 5.10 Å². The fourth-order valence-electron chi connectivity index (χ4n) is 3.75. The number of anilines is 5. The van der Waals surface area contributed by atoms with Crippen molar-refractivity contribution in [2.45, 2.75) is 6.92 Å². The number of nitrogens with one attached hydrogen (secondary N) is 2. The summed E-state index contributed by atoms with van der Waals surface area (Å²) >= 11 is 0. The predicted octanol–water partition coefficient (Wildman–Crippen LogP) is 0.408. The highest BCUT2D eigenvalue weighted by Crippen LogP contribution is 2.21. The second-order valence-corrected chi connectivity index (χ2v) is 8.30. The molecule has 2 aromatic heterocycles. The van der Waals surface area contributed by atoms with E-state index in [1.807, 2.05) is 24.3 Å². The maximum atomic E-state index is 12.1. The van der Waals surface area contributed by atoms with Gasteiger partial charge in [-0.3, -0.25) is 4.79 Å². The first kappa shape index (κ1) is 24.3. The molecule has 194 valence electrons. The molecule has 0 aliphatic carbocycles. The minimum Gasteiger partial charge on any atom is -0.379 e. The van der Waals surface area contributed by atoms with Crippen molar-refractivity contribution in [3.8, 4) is 0 Å². The molecule has 0 saturated carbocycles. The first-order valence-electron chi connectivity index (χ1n) is 11.8. The number of carbonyl (C=O) groups excluding carboxylic acids is 1. The number of hydrogen-bond acceptors (Lipinski definition) is 14. The number of rotatable bonds is 7. The van der Waals surface area contributed by atoms with Crippen molar-refractivity contribution >= 4 is 41.0 Å². The van der Waals surface area contributed by atoms with E-state index in [0.717, 1.165) is 37.4 Å². The second kappa shape index (κ2) is 11.1. The summed E-state index contributed by atoms with van der Waals surface area (Å²) in [4.78, 5) is 30.3. The Hall–Kier alpha value is -4.37. The Labute approximate surface area is 212 Å². The monoisotopic (exact) mass is 509 g/mol. The SMILES string of the molecule is CC(=NNC(=O)c1nonc1N)c1ccc(Nc2nc(N3CCOCC3)nc(N3CCOCC3)n2)cc1. The summed E-state index contributed by atoms with van der Waals surface area (Å²) in [5, 5.41) is 14.2. The Kier molecular flexibility index (Phi) is 7.32. The third-order valence-corrected chi connectivity index (χ3v) is 5.81. The van der Waals surface area contributed by atoms with Gasteiger partial charge in [-0.15, -0.1) is 0 Å². The molecule has 2 saturated heterocycles. The second-order valence-electron chi connectivity index (χ2n) is 8.30. The Morgan fingerprint density at radius 3 is 2.05 bits per heavy atom. The van der Waals surface area contributed by atoms with Crippen molar-refractivity contribution < 1.29 is 18.9 Å². The minimum atomic E-state index is -0.613. The van der Waals surface area contributed by atoms with E-state index < -0.39 is 5.91 Å². The molecule has 4 heterocycles. The van der Waals surface area contributed by atoms with Crippen LogP contribution in [0, 0.1) is 0 Å². The number of nitrogen functional groups attached to an aromatic ring is 1. The smallest absolute Gasteiger partial charge is 0.297 e. The number of aromatic nitrogens is 5. The van der Waals surface area contributed by atoms with Crippen LogP contribution in [0.25, 0.3) is 0 Å². The molecule has 1 amide bonds. The predicted molar refractivity (Wildman–Crippen MR) is 134 cm³/mol. The van der Waals surface area contributed by atoms with Crippen LogP contribution in [0.2, 0.25) is 0 Å². The summed E-state index contributed by atoms with van der Waals surface area (Å²) in [5.41, 5.74) is 9.96. The van der Waals surface area contributed by atoms with Gasteiger partial charge in [0.2, 0.25) is 29.4 Å². The van der Waals surface area contributed by atoms with E-state index in [9.17, 15) is 4.79 Å². The van der Waals surface area contributed by atoms with E-state index in [2.05, 4.69) is 50.6 Å². The standard InChI is InChI=1S/C22H27N11O4/c1-14(28-29-19(34)17-18(23)31-37-30-17)15-2-4-16(5-3-15)24-20-25-21(32-6-10-35-11-7-32)27-22(26-20)33-8-12-36-13-9-33/h2-5H,6-13H2,1H3,(H2,23,31)(H,29,34)(H,24,25,26,27). The highest BCUT2D eigenvalue weighted by molar-refractivity contribution is 6.01. The molecule has 37 heavy (non-hydrogen) atoms. The quantitative estimate of drug-likeness (QED) is 0.294. The van der Waals surface area contributed by atoms with E-state index in [1.54, 1.807) is 6.92 Å². The van der Waals surface area contributed by atoms with Crippen molar-refractivity contribution in [1.82, 2.24) is 30.7 Å². The highest BCUT2D eigenvalue weighted by atomic mass is 16.6. The normalized spacial score (nSPS) is 16.5. The van der Waals surface area contributed by atoms with Gasteiger partial charge in [0.25, 0.3) is 5.91 Å². The number of ether oxygens (including phenoxy) is 2. The molecular weight excluding hydrogens is 482 g/mol. The molecule has 0 radical (unpaired) electrons. The topological polar surface area (TPSA) is 182 Å². The molecule has 0 bridgehead atoms. The Morgan fingerprint density at radius 1 is 0.919 bits per heavy atom. The number of amides is 1. The molecule has 0 atom stereocenters. The van der Waals surface area contributed by atoms with Crippen LogP contribution < -0.4 is 26.3 Å². The summed E-state index contributed by atoms with van der Waals surface area (Å²) < 4.78 is 15.4. The van der Waals surface area contributed by atoms with Crippen LogP contribution in [0.15, 0.2) is 34.0 Å². The van der Waals surface area contributed by atoms with Gasteiger partial charge in [-0.1, -0.05) is 12.1 Å². The number of carbonyl (C=O) groups is 1. The van der Waals surface area contributed by atoms with Crippen LogP contribution in [-0.4, -0.2) is 89.5 Å². The molecule has 2 aliphatic heterocycles. The molecule has 1 aromatic carbocycles. The molecule has 15 heteroatoms. The molecule has 5 rings (SSSR count). The zero-order valence-corrected chi connectivity index (χ0v) is 20.3. The lowest BCUT2D eigenvalue weighted by atomic mass is 10.1. The van der Waals surface area contributed by atoms with Gasteiger partial charge in [-0.25, -0.2) is 10.1 Å². The van der Waals surface area contributed by atoms with E-state index in [4.69, 9.17) is 20.2 Å². The van der Waals surface area contributed by atoms with Gasteiger partial charge in [0.1, 0.15) is 0 Å². The third-order valence-electron chi connectivity index (χ3n) is 5.81. The Balaban J connectivity index is 1.30. The van der Waals surface area contributed by atoms with E-state index in [0.29, 0.717) is 50.0 Å². The molecule has 0 unspecified atom stereocenters. The number of hydrazone groups is 1. The molecule has 15 nitrogen and oxygen atoms in total. The highest BCUT2D eigenvalue weighted by Gasteiger charge is 2.21. The first-order valence-corrected chi connectivity index (χ1v) is 11.8. The Morgan fingerprint density at radius 2 is 1.51 bits per heavy atom. The molecule has 2 fully saturated rings. The van der Waals surface area contributed by atoms with Gasteiger partial charge in [0.05, 0.1) is 32.1 Å². The summed E-state index contributed by atoms with van der Waals surface area (Å²) in [6.45, 7) is 7.17. The van der Waals surface area contributed by atoms with E-state index in [-0.39, 0.29) is 11.5 Å². The van der Waals surface area contributed by atoms with E-state index in [1.165, 1.54) is 0 Å². The summed E-state index contributed by atoms with van der Waals surface area (Å²) in [5.74, 6) is 0.953. The van der Waals surface area contributed by atoms with Crippen LogP contribution in [-0.2, 0) is 9.47 Å². The number of morpholine rings is 2. The van der Waals surface area contributed by atoms with Gasteiger partial charge in [-0.05, 0) is 34.9 Å². The van der Waals surface area contributed by atoms with Crippen molar-refractivity contribution in [3.63, 3.8) is 0 Å². The average Bonchev–Trinajstić information content (AvgIpc) is 3.38. The fourth-order valence-corrected chi connectivity index (χ4v) is 3.75. The summed E-state index contributed by atoms with van der Waals surface area (Å²) in [7, 11) is 0. The van der Waals surface area contributed by atoms with E-state index >= 15 is 0 Å². The van der Waals surface area contributed by atoms with Crippen LogP contribution in [0.5, 0.6) is 0 Å². The number of benzene rings is 1. The average molecular weight is 510 g/mol. The zero-order chi connectivity index (χ0) is 25.6. The molecule has 3 aromatic rings. The number of nitrogens with zero attached hydrogens (tertiary/aromatic N) is 8. The molecule has 4 N–H and O–H groups in total. The number of nitrogens with two attached hydrogens (primary N) is 1. The van der Waals surface area contributed by atoms with Gasteiger partial charge < -0.3 is 30.3 Å². The maximum absolute atomic E-state index is 12.1. The van der Waals surface area contributed by atoms with Crippen molar-refractivity contribution in [2.75, 3.05) is 73.5 Å². The van der Waals surface area contributed by atoms with Crippen LogP contribution in [0.4, 0.5) is 29.4 Å². The Bertz CT molecular complexity index is 1220. The van der Waals surface area contributed by atoms with Crippen LogP contribution >= 0.6 is 0 Å². The van der Waals surface area contributed by atoms with Crippen LogP contribution in [0.3, 0.4) is 0 Å². The number of hydrogen-bond donors (Lipinski definition) is 3. The lowest BCUT2D eigenvalue weighted by molar-refractivity contribution is 0.0945. The molecule has 2 aliphatic rings. The van der Waals surface area contributed by atoms with Gasteiger partial charge >= 0.3 is 0 Å². The zero-order valence-electron chi connectivity index (χ0n) is 20.3. The minimum absolute atomic E-state index is 0.104. The largest absolute Gasteiger partial charge is 0.379 e. The van der Waals surface area contributed by atoms with Gasteiger partial charge in [0.15, 0.2) is 0 Å². The van der Waals surface area contributed by atoms with Gasteiger partial charge in [0, 0.05) is 31.9 Å². The molecular formula is C22H27N11O4. The van der Waals surface area contributed by atoms with Crippen LogP contribution in [0.1, 0.15) is 23.0 Å². The molecule has 0 spiro atoms. The summed E-state index contributed by atoms with van der Waals surface area (Å²) in [6, 6.07) is 7.49. The van der Waals surface area contributed by atoms with Crippen molar-refractivity contribution in [3.05, 3.63) is 35.5 Å².